The van der Waals surface area contributed by atoms with Crippen molar-refractivity contribution < 1.29 is 22.8 Å². The lowest BCUT2D eigenvalue weighted by molar-refractivity contribution is -0.137. The number of carbonyl (C=O) groups excluding carboxylic acids is 2. The van der Waals surface area contributed by atoms with E-state index in [9.17, 15) is 22.8 Å². The van der Waals surface area contributed by atoms with Crippen molar-refractivity contribution in [2.45, 2.75) is 69.8 Å². The van der Waals surface area contributed by atoms with Gasteiger partial charge in [-0.25, -0.2) is 4.79 Å². The number of hydrogen-bond donors (Lipinski definition) is 1. The molecule has 1 aromatic carbocycles. The Bertz CT molecular complexity index is 1010. The summed E-state index contributed by atoms with van der Waals surface area (Å²) in [4.78, 5) is 30.0. The van der Waals surface area contributed by atoms with E-state index in [1.165, 1.54) is 23.1 Å². The molecule has 0 saturated heterocycles. The minimum Gasteiger partial charge on any atom is -0.353 e. The minimum atomic E-state index is -4.59. The van der Waals surface area contributed by atoms with Crippen LogP contribution in [0.3, 0.4) is 0 Å². The highest BCUT2D eigenvalue weighted by molar-refractivity contribution is 5.93. The second kappa shape index (κ2) is 10.1. The van der Waals surface area contributed by atoms with E-state index in [2.05, 4.69) is 5.32 Å². The summed E-state index contributed by atoms with van der Waals surface area (Å²) in [6.07, 6.45) is 3.56. The summed E-state index contributed by atoms with van der Waals surface area (Å²) in [6.45, 7) is 0.301. The Balaban J connectivity index is 1.53. The molecule has 1 heterocycles. The van der Waals surface area contributed by atoms with Crippen LogP contribution in [0.2, 0.25) is 0 Å². The SMILES string of the molecule is Cn1cccc1CN(C(=O)CN(C(=O)Nc1ccccc1C(F)(F)F)C1CCCCC1)C1CC1. The molecular weight excluding hydrogens is 445 g/mol. The van der Waals surface area contributed by atoms with Gasteiger partial charge in [0.15, 0.2) is 0 Å². The zero-order valence-electron chi connectivity index (χ0n) is 19.4. The molecule has 0 radical (unpaired) electrons. The molecule has 9 heteroatoms. The summed E-state index contributed by atoms with van der Waals surface area (Å²) in [7, 11) is 1.92. The number of para-hydroxylation sites is 1. The van der Waals surface area contributed by atoms with Crippen LogP contribution >= 0.6 is 0 Å². The van der Waals surface area contributed by atoms with Gasteiger partial charge in [-0.05, 0) is 49.9 Å². The average molecular weight is 477 g/mol. The Morgan fingerprint density at radius 1 is 0.971 bits per heavy atom. The maximum Gasteiger partial charge on any atom is 0.418 e. The van der Waals surface area contributed by atoms with E-state index in [1.807, 2.05) is 34.8 Å². The van der Waals surface area contributed by atoms with E-state index in [0.717, 1.165) is 56.7 Å². The zero-order valence-corrected chi connectivity index (χ0v) is 19.4. The summed E-state index contributed by atoms with van der Waals surface area (Å²) in [6, 6.07) is 8.12. The van der Waals surface area contributed by atoms with Crippen molar-refractivity contribution >= 4 is 17.6 Å². The molecule has 0 aliphatic heterocycles. The lowest BCUT2D eigenvalue weighted by atomic mass is 9.94. The van der Waals surface area contributed by atoms with Gasteiger partial charge >= 0.3 is 12.2 Å². The van der Waals surface area contributed by atoms with Crippen molar-refractivity contribution in [2.24, 2.45) is 7.05 Å². The molecule has 0 atom stereocenters. The number of alkyl halides is 3. The Morgan fingerprint density at radius 2 is 1.65 bits per heavy atom. The summed E-state index contributed by atoms with van der Waals surface area (Å²) in [5, 5.41) is 2.45. The summed E-state index contributed by atoms with van der Waals surface area (Å²) >= 11 is 0. The molecule has 184 valence electrons. The highest BCUT2D eigenvalue weighted by Crippen LogP contribution is 2.35. The van der Waals surface area contributed by atoms with E-state index < -0.39 is 17.8 Å². The molecule has 3 amide bonds. The highest BCUT2D eigenvalue weighted by atomic mass is 19.4. The van der Waals surface area contributed by atoms with Gasteiger partial charge in [0.25, 0.3) is 0 Å². The van der Waals surface area contributed by atoms with Crippen LogP contribution in [-0.2, 0) is 24.6 Å². The van der Waals surface area contributed by atoms with Crippen LogP contribution in [0, 0.1) is 0 Å². The predicted molar refractivity (Wildman–Crippen MR) is 123 cm³/mol. The van der Waals surface area contributed by atoms with Gasteiger partial charge in [-0.2, -0.15) is 13.2 Å². The van der Waals surface area contributed by atoms with Crippen LogP contribution < -0.4 is 5.32 Å². The van der Waals surface area contributed by atoms with Crippen LogP contribution in [0.15, 0.2) is 42.6 Å². The molecule has 2 fully saturated rings. The van der Waals surface area contributed by atoms with Crippen LogP contribution in [0.1, 0.15) is 56.2 Å². The van der Waals surface area contributed by atoms with Crippen molar-refractivity contribution in [2.75, 3.05) is 11.9 Å². The van der Waals surface area contributed by atoms with Crippen LogP contribution in [0.4, 0.5) is 23.7 Å². The normalized spacial score (nSPS) is 16.8. The number of nitrogens with one attached hydrogen (secondary N) is 1. The predicted octanol–water partition coefficient (Wildman–Crippen LogP) is 5.40. The third kappa shape index (κ3) is 5.74. The van der Waals surface area contributed by atoms with Crippen molar-refractivity contribution in [3.63, 3.8) is 0 Å². The Labute approximate surface area is 197 Å². The number of halogens is 3. The maximum absolute atomic E-state index is 13.5. The van der Waals surface area contributed by atoms with Gasteiger partial charge in [-0.3, -0.25) is 4.79 Å². The molecule has 0 spiro atoms. The molecule has 0 bridgehead atoms. The molecule has 2 aliphatic carbocycles. The third-order valence-corrected chi connectivity index (χ3v) is 6.75. The Morgan fingerprint density at radius 3 is 2.26 bits per heavy atom. The molecule has 4 rings (SSSR count). The lowest BCUT2D eigenvalue weighted by Crippen LogP contribution is -2.50. The second-order valence-electron chi connectivity index (χ2n) is 9.26. The molecule has 6 nitrogen and oxygen atoms in total. The van der Waals surface area contributed by atoms with Gasteiger partial charge in [-0.15, -0.1) is 0 Å². The molecular formula is C25H31F3N4O2. The number of rotatable bonds is 7. The number of nitrogens with zero attached hydrogens (tertiary/aromatic N) is 3. The number of aromatic nitrogens is 1. The molecule has 34 heavy (non-hydrogen) atoms. The molecule has 0 unspecified atom stereocenters. The van der Waals surface area contributed by atoms with E-state index >= 15 is 0 Å². The van der Waals surface area contributed by atoms with E-state index in [4.69, 9.17) is 0 Å². The van der Waals surface area contributed by atoms with Crippen LogP contribution in [0.25, 0.3) is 0 Å². The van der Waals surface area contributed by atoms with Gasteiger partial charge in [0.2, 0.25) is 5.91 Å². The molecule has 2 saturated carbocycles. The number of urea groups is 1. The summed E-state index contributed by atoms with van der Waals surface area (Å²) in [5.74, 6) is -0.173. The third-order valence-electron chi connectivity index (χ3n) is 6.75. The smallest absolute Gasteiger partial charge is 0.353 e. The van der Waals surface area contributed by atoms with Crippen molar-refractivity contribution in [1.29, 1.82) is 0 Å². The topological polar surface area (TPSA) is 57.6 Å². The van der Waals surface area contributed by atoms with Crippen molar-refractivity contribution in [3.05, 3.63) is 53.9 Å². The van der Waals surface area contributed by atoms with Gasteiger partial charge in [0, 0.05) is 31.0 Å². The number of amides is 3. The number of hydrogen-bond acceptors (Lipinski definition) is 2. The highest BCUT2D eigenvalue weighted by Gasteiger charge is 2.37. The second-order valence-corrected chi connectivity index (χ2v) is 9.26. The maximum atomic E-state index is 13.5. The lowest BCUT2D eigenvalue weighted by Gasteiger charge is -2.35. The molecule has 1 aromatic heterocycles. The standard InChI is InChI=1S/C25H31F3N4O2/c1-30-15-7-10-20(30)16-31(19-13-14-19)23(33)17-32(18-8-3-2-4-9-18)24(34)29-22-12-6-5-11-21(22)25(26,27)28/h5-7,10-12,15,18-19H,2-4,8-9,13-14,16-17H2,1H3,(H,29,34). The average Bonchev–Trinajstić information content (AvgIpc) is 3.57. The number of aryl methyl sites for hydroxylation is 1. The monoisotopic (exact) mass is 476 g/mol. The fourth-order valence-electron chi connectivity index (χ4n) is 4.66. The van der Waals surface area contributed by atoms with Gasteiger partial charge < -0.3 is 19.7 Å². The fraction of sp³-hybridized carbons (Fsp3) is 0.520. The summed E-state index contributed by atoms with van der Waals surface area (Å²) < 4.78 is 42.3. The molecule has 2 aliphatic rings. The van der Waals surface area contributed by atoms with E-state index in [0.29, 0.717) is 6.54 Å². The molecule has 1 N–H and O–H groups in total. The summed E-state index contributed by atoms with van der Waals surface area (Å²) in [5.41, 5.74) is -0.203. The zero-order chi connectivity index (χ0) is 24.3. The largest absolute Gasteiger partial charge is 0.418 e. The first-order valence-electron chi connectivity index (χ1n) is 11.9. The number of anilines is 1. The first-order chi connectivity index (χ1) is 16.2. The van der Waals surface area contributed by atoms with Crippen LogP contribution in [0.5, 0.6) is 0 Å². The first kappa shape index (κ1) is 24.2. The van der Waals surface area contributed by atoms with Crippen molar-refractivity contribution in [3.8, 4) is 0 Å². The quantitative estimate of drug-likeness (QED) is 0.582. The van der Waals surface area contributed by atoms with Crippen LogP contribution in [-0.4, -0.2) is 44.9 Å². The Kier molecular flexibility index (Phi) is 7.19. The fourth-order valence-corrected chi connectivity index (χ4v) is 4.66. The van der Waals surface area contributed by atoms with Gasteiger partial charge in [-0.1, -0.05) is 31.4 Å². The minimum absolute atomic E-state index is 0.143. The van der Waals surface area contributed by atoms with Gasteiger partial charge in [0.1, 0.15) is 6.54 Å². The molecule has 2 aromatic rings. The Hall–Kier alpha value is -2.97. The van der Waals surface area contributed by atoms with Crippen molar-refractivity contribution in [1.82, 2.24) is 14.4 Å². The van der Waals surface area contributed by atoms with E-state index in [1.54, 1.807) is 0 Å². The van der Waals surface area contributed by atoms with Gasteiger partial charge in [0.05, 0.1) is 17.8 Å². The van der Waals surface area contributed by atoms with E-state index in [-0.39, 0.29) is 30.2 Å². The first-order valence-corrected chi connectivity index (χ1v) is 11.9. The number of benzene rings is 1. The number of carbonyl (C=O) groups is 2.